The van der Waals surface area contributed by atoms with E-state index in [1.807, 2.05) is 0 Å². The first kappa shape index (κ1) is 12.7. The van der Waals surface area contributed by atoms with Crippen molar-refractivity contribution in [1.29, 1.82) is 0 Å². The van der Waals surface area contributed by atoms with Gasteiger partial charge in [-0.25, -0.2) is 0 Å². The molecule has 0 bridgehead atoms. The number of rotatable bonds is 5. The Morgan fingerprint density at radius 1 is 1.57 bits per heavy atom. The summed E-state index contributed by atoms with van der Waals surface area (Å²) in [6.07, 6.45) is 2.79. The first-order valence-corrected chi connectivity index (χ1v) is 4.66. The fourth-order valence-electron chi connectivity index (χ4n) is 1.01. The van der Waals surface area contributed by atoms with Gasteiger partial charge in [-0.1, -0.05) is 20.8 Å². The number of hydrogen-bond acceptors (Lipinski definition) is 4. The number of hydrogen-bond donors (Lipinski definition) is 2. The first-order valence-electron chi connectivity index (χ1n) is 4.66. The highest BCUT2D eigenvalue weighted by Crippen LogP contribution is 2.19. The van der Waals surface area contributed by atoms with E-state index in [1.165, 1.54) is 0 Å². The van der Waals surface area contributed by atoms with E-state index in [0.29, 0.717) is 12.0 Å². The highest BCUT2D eigenvalue weighted by atomic mass is 16.6. The van der Waals surface area contributed by atoms with Crippen molar-refractivity contribution in [3.8, 4) is 0 Å². The summed E-state index contributed by atoms with van der Waals surface area (Å²) in [7, 11) is 0. The van der Waals surface area contributed by atoms with E-state index in [-0.39, 0.29) is 5.82 Å². The average molecular weight is 201 g/mol. The molecule has 0 saturated heterocycles. The zero-order chi connectivity index (χ0) is 11.2. The SMILES string of the molecule is CC(C)(C)CCCN/C(N)=C/[N+](=O)[O-]. The van der Waals surface area contributed by atoms with Crippen LogP contribution in [0.25, 0.3) is 0 Å². The van der Waals surface area contributed by atoms with Crippen LogP contribution >= 0.6 is 0 Å². The monoisotopic (exact) mass is 201 g/mol. The zero-order valence-corrected chi connectivity index (χ0v) is 9.04. The molecule has 5 heteroatoms. The van der Waals surface area contributed by atoms with Crippen molar-refractivity contribution in [1.82, 2.24) is 5.32 Å². The maximum Gasteiger partial charge on any atom is 0.273 e. The van der Waals surface area contributed by atoms with Gasteiger partial charge in [0.1, 0.15) is 0 Å². The van der Waals surface area contributed by atoms with Gasteiger partial charge >= 0.3 is 0 Å². The Bertz CT molecular complexity index is 219. The lowest BCUT2D eigenvalue weighted by molar-refractivity contribution is -0.403. The molecule has 0 unspecified atom stereocenters. The molecule has 0 saturated carbocycles. The maximum atomic E-state index is 10.0. The highest BCUT2D eigenvalue weighted by molar-refractivity contribution is 4.86. The fraction of sp³-hybridized carbons (Fsp3) is 0.778. The van der Waals surface area contributed by atoms with Crippen LogP contribution in [0.1, 0.15) is 33.6 Å². The normalized spacial score (nSPS) is 12.6. The van der Waals surface area contributed by atoms with Gasteiger partial charge in [0.2, 0.25) is 0 Å². The maximum absolute atomic E-state index is 10.0. The summed E-state index contributed by atoms with van der Waals surface area (Å²) < 4.78 is 0. The summed E-state index contributed by atoms with van der Waals surface area (Å²) in [5, 5.41) is 12.8. The third-order valence-electron chi connectivity index (χ3n) is 1.68. The summed E-state index contributed by atoms with van der Waals surface area (Å²) in [6.45, 7) is 7.14. The van der Waals surface area contributed by atoms with Gasteiger partial charge in [-0.05, 0) is 18.3 Å². The van der Waals surface area contributed by atoms with Gasteiger partial charge in [0.25, 0.3) is 6.20 Å². The third kappa shape index (κ3) is 8.83. The second-order valence-electron chi connectivity index (χ2n) is 4.46. The minimum absolute atomic E-state index is 0.115. The molecule has 0 aromatic rings. The number of nitro groups is 1. The third-order valence-corrected chi connectivity index (χ3v) is 1.68. The highest BCUT2D eigenvalue weighted by Gasteiger charge is 2.08. The Morgan fingerprint density at radius 2 is 2.14 bits per heavy atom. The van der Waals surface area contributed by atoms with Crippen molar-refractivity contribution < 1.29 is 4.92 Å². The molecule has 0 heterocycles. The van der Waals surface area contributed by atoms with Crippen LogP contribution in [0.2, 0.25) is 0 Å². The van der Waals surface area contributed by atoms with Crippen LogP contribution in [0.3, 0.4) is 0 Å². The molecule has 0 spiro atoms. The summed E-state index contributed by atoms with van der Waals surface area (Å²) >= 11 is 0. The van der Waals surface area contributed by atoms with Crippen molar-refractivity contribution in [2.24, 2.45) is 11.1 Å². The second-order valence-corrected chi connectivity index (χ2v) is 4.46. The van der Waals surface area contributed by atoms with Crippen molar-refractivity contribution in [2.45, 2.75) is 33.6 Å². The molecule has 0 fully saturated rings. The lowest BCUT2D eigenvalue weighted by atomic mass is 9.91. The van der Waals surface area contributed by atoms with Crippen LogP contribution in [0, 0.1) is 15.5 Å². The van der Waals surface area contributed by atoms with Gasteiger partial charge in [-0.15, -0.1) is 0 Å². The smallest absolute Gasteiger partial charge is 0.273 e. The molecular weight excluding hydrogens is 182 g/mol. The molecule has 0 aliphatic rings. The van der Waals surface area contributed by atoms with E-state index in [1.54, 1.807) is 0 Å². The molecule has 82 valence electrons. The van der Waals surface area contributed by atoms with E-state index >= 15 is 0 Å². The number of nitrogens with one attached hydrogen (secondary N) is 1. The first-order chi connectivity index (χ1) is 6.31. The lowest BCUT2D eigenvalue weighted by Gasteiger charge is -2.17. The Labute approximate surface area is 84.5 Å². The van der Waals surface area contributed by atoms with Crippen LogP contribution < -0.4 is 11.1 Å². The van der Waals surface area contributed by atoms with Crippen LogP contribution in [0.5, 0.6) is 0 Å². The van der Waals surface area contributed by atoms with Crippen LogP contribution in [0.15, 0.2) is 12.0 Å². The van der Waals surface area contributed by atoms with Crippen molar-refractivity contribution in [3.63, 3.8) is 0 Å². The second kappa shape index (κ2) is 5.47. The molecular formula is C9H19N3O2. The van der Waals surface area contributed by atoms with Crippen molar-refractivity contribution >= 4 is 0 Å². The molecule has 0 aliphatic heterocycles. The van der Waals surface area contributed by atoms with E-state index in [2.05, 4.69) is 26.1 Å². The molecule has 0 rings (SSSR count). The molecule has 0 atom stereocenters. The predicted molar refractivity (Wildman–Crippen MR) is 56.0 cm³/mol. The minimum atomic E-state index is -0.563. The largest absolute Gasteiger partial charge is 0.380 e. The Kier molecular flexibility index (Phi) is 4.97. The Morgan fingerprint density at radius 3 is 2.57 bits per heavy atom. The molecule has 0 amide bonds. The molecule has 3 N–H and O–H groups in total. The van der Waals surface area contributed by atoms with Gasteiger partial charge in [0, 0.05) is 6.54 Å². The number of nitrogens with two attached hydrogens (primary N) is 1. The minimum Gasteiger partial charge on any atom is -0.380 e. The van der Waals surface area contributed by atoms with Crippen LogP contribution in [-0.4, -0.2) is 11.5 Å². The quantitative estimate of drug-likeness (QED) is 0.400. The lowest BCUT2D eigenvalue weighted by Crippen LogP contribution is -2.23. The average Bonchev–Trinajstić information content (AvgIpc) is 1.95. The summed E-state index contributed by atoms with van der Waals surface area (Å²) in [5.74, 6) is 0.115. The molecule has 14 heavy (non-hydrogen) atoms. The molecule has 5 nitrogen and oxygen atoms in total. The van der Waals surface area contributed by atoms with Gasteiger partial charge in [-0.3, -0.25) is 10.1 Å². The fourth-order valence-corrected chi connectivity index (χ4v) is 1.01. The molecule has 0 radical (unpaired) electrons. The Hall–Kier alpha value is -1.26. The van der Waals surface area contributed by atoms with Crippen molar-refractivity contribution in [3.05, 3.63) is 22.1 Å². The molecule has 0 aliphatic carbocycles. The summed E-state index contributed by atoms with van der Waals surface area (Å²) in [5.41, 5.74) is 5.63. The topological polar surface area (TPSA) is 81.2 Å². The Balaban J connectivity index is 3.60. The van der Waals surface area contributed by atoms with E-state index in [9.17, 15) is 10.1 Å². The van der Waals surface area contributed by atoms with E-state index in [4.69, 9.17) is 5.73 Å². The summed E-state index contributed by atoms with van der Waals surface area (Å²) in [6, 6.07) is 0. The van der Waals surface area contributed by atoms with Gasteiger partial charge in [0.05, 0.1) is 4.92 Å². The van der Waals surface area contributed by atoms with Gasteiger partial charge in [-0.2, -0.15) is 0 Å². The molecule has 0 aromatic carbocycles. The van der Waals surface area contributed by atoms with Crippen LogP contribution in [-0.2, 0) is 0 Å². The number of nitrogens with zero attached hydrogens (tertiary/aromatic N) is 1. The van der Waals surface area contributed by atoms with Crippen molar-refractivity contribution in [2.75, 3.05) is 6.54 Å². The van der Waals surface area contributed by atoms with Crippen LogP contribution in [0.4, 0.5) is 0 Å². The van der Waals surface area contributed by atoms with E-state index in [0.717, 1.165) is 19.0 Å². The van der Waals surface area contributed by atoms with Gasteiger partial charge < -0.3 is 11.1 Å². The van der Waals surface area contributed by atoms with Gasteiger partial charge in [0.15, 0.2) is 5.82 Å². The predicted octanol–water partition coefficient (Wildman–Crippen LogP) is 1.44. The standard InChI is InChI=1S/C9H19N3O2/c1-9(2,3)5-4-6-11-8(10)7-12(13)14/h7,11H,4-6,10H2,1-3H3/b8-7+. The zero-order valence-electron chi connectivity index (χ0n) is 9.04. The molecule has 0 aromatic heterocycles. The van der Waals surface area contributed by atoms with E-state index < -0.39 is 4.92 Å². The summed E-state index contributed by atoms with van der Waals surface area (Å²) in [4.78, 5) is 9.45.